The Kier molecular flexibility index (Phi) is 3.86. The van der Waals surface area contributed by atoms with Crippen LogP contribution in [0.4, 0.5) is 0 Å². The predicted molar refractivity (Wildman–Crippen MR) is 52.5 cm³/mol. The largest absolute Gasteiger partial charge is 0.383 e. The maximum atomic E-state index is 5.82. The maximum absolute atomic E-state index is 5.82. The third-order valence-corrected chi connectivity index (χ3v) is 1.95. The summed E-state index contributed by atoms with van der Waals surface area (Å²) in [6.07, 6.45) is 2.57. The van der Waals surface area contributed by atoms with Crippen molar-refractivity contribution in [2.45, 2.75) is 19.4 Å². The van der Waals surface area contributed by atoms with Crippen LogP contribution in [0.1, 0.15) is 11.3 Å². The zero-order valence-corrected chi connectivity index (χ0v) is 8.16. The molecule has 3 heteroatoms. The van der Waals surface area contributed by atoms with Crippen LogP contribution in [0.2, 0.25) is 0 Å². The molecule has 1 atom stereocenters. The number of hydrogen-bond acceptors (Lipinski definition) is 3. The van der Waals surface area contributed by atoms with E-state index in [4.69, 9.17) is 10.5 Å². The molecule has 1 unspecified atom stereocenters. The second-order valence-electron chi connectivity index (χ2n) is 3.19. The molecule has 1 heterocycles. The standard InChI is InChI=1S/C10H16N2O/c1-8-4-3-5-12-10(8)6-9(11)7-13-2/h3-5,9H,6-7,11H2,1-2H3. The monoisotopic (exact) mass is 180 g/mol. The van der Waals surface area contributed by atoms with E-state index < -0.39 is 0 Å². The first-order valence-corrected chi connectivity index (χ1v) is 4.39. The molecule has 0 fully saturated rings. The summed E-state index contributed by atoms with van der Waals surface area (Å²) < 4.78 is 4.96. The van der Waals surface area contributed by atoms with E-state index in [1.54, 1.807) is 13.3 Å². The van der Waals surface area contributed by atoms with Crippen molar-refractivity contribution in [3.63, 3.8) is 0 Å². The molecule has 0 aliphatic heterocycles. The number of methoxy groups -OCH3 is 1. The number of ether oxygens (including phenoxy) is 1. The highest BCUT2D eigenvalue weighted by Crippen LogP contribution is 2.05. The first kappa shape index (κ1) is 10.2. The second kappa shape index (κ2) is 4.94. The number of aromatic nitrogens is 1. The van der Waals surface area contributed by atoms with Gasteiger partial charge in [-0.05, 0) is 18.6 Å². The van der Waals surface area contributed by atoms with E-state index in [-0.39, 0.29) is 6.04 Å². The number of nitrogens with zero attached hydrogens (tertiary/aromatic N) is 1. The molecular formula is C10H16N2O. The molecular weight excluding hydrogens is 164 g/mol. The summed E-state index contributed by atoms with van der Waals surface area (Å²) in [5.41, 5.74) is 8.07. The molecule has 0 radical (unpaired) electrons. The van der Waals surface area contributed by atoms with E-state index in [1.807, 2.05) is 19.1 Å². The summed E-state index contributed by atoms with van der Waals surface area (Å²) in [7, 11) is 1.66. The minimum Gasteiger partial charge on any atom is -0.383 e. The summed E-state index contributed by atoms with van der Waals surface area (Å²) in [5, 5.41) is 0. The molecule has 0 aromatic carbocycles. The van der Waals surface area contributed by atoms with Gasteiger partial charge in [-0.2, -0.15) is 0 Å². The normalized spacial score (nSPS) is 12.8. The Bertz CT molecular complexity index is 263. The summed E-state index contributed by atoms with van der Waals surface area (Å²) in [5.74, 6) is 0. The molecule has 3 nitrogen and oxygen atoms in total. The van der Waals surface area contributed by atoms with Gasteiger partial charge in [0.05, 0.1) is 6.61 Å². The van der Waals surface area contributed by atoms with Crippen molar-refractivity contribution in [2.75, 3.05) is 13.7 Å². The topological polar surface area (TPSA) is 48.1 Å². The van der Waals surface area contributed by atoms with Gasteiger partial charge in [0, 0.05) is 31.5 Å². The quantitative estimate of drug-likeness (QED) is 0.749. The molecule has 1 aromatic rings. The molecule has 0 spiro atoms. The molecule has 0 saturated heterocycles. The molecule has 72 valence electrons. The Morgan fingerprint density at radius 3 is 3.00 bits per heavy atom. The molecule has 1 aromatic heterocycles. The minimum absolute atomic E-state index is 0.0404. The van der Waals surface area contributed by atoms with E-state index in [2.05, 4.69) is 4.98 Å². The van der Waals surface area contributed by atoms with Crippen molar-refractivity contribution in [3.05, 3.63) is 29.6 Å². The van der Waals surface area contributed by atoms with Crippen molar-refractivity contribution in [2.24, 2.45) is 5.73 Å². The third kappa shape index (κ3) is 3.13. The molecule has 13 heavy (non-hydrogen) atoms. The average Bonchev–Trinajstić information content (AvgIpc) is 2.09. The second-order valence-corrected chi connectivity index (χ2v) is 3.19. The van der Waals surface area contributed by atoms with Gasteiger partial charge in [0.25, 0.3) is 0 Å². The van der Waals surface area contributed by atoms with Crippen molar-refractivity contribution in [3.8, 4) is 0 Å². The molecule has 0 aliphatic carbocycles. The Morgan fingerprint density at radius 1 is 1.62 bits per heavy atom. The van der Waals surface area contributed by atoms with Crippen LogP contribution in [0.15, 0.2) is 18.3 Å². The van der Waals surface area contributed by atoms with E-state index >= 15 is 0 Å². The minimum atomic E-state index is 0.0404. The van der Waals surface area contributed by atoms with Gasteiger partial charge in [-0.1, -0.05) is 6.07 Å². The SMILES string of the molecule is COCC(N)Cc1ncccc1C. The lowest BCUT2D eigenvalue weighted by Crippen LogP contribution is -2.28. The van der Waals surface area contributed by atoms with Crippen LogP contribution >= 0.6 is 0 Å². The molecule has 0 aliphatic rings. The van der Waals surface area contributed by atoms with Gasteiger partial charge in [-0.3, -0.25) is 4.98 Å². The van der Waals surface area contributed by atoms with E-state index in [0.717, 1.165) is 12.1 Å². The van der Waals surface area contributed by atoms with Gasteiger partial charge >= 0.3 is 0 Å². The predicted octanol–water partition coefficient (Wildman–Crippen LogP) is 0.906. The van der Waals surface area contributed by atoms with E-state index in [9.17, 15) is 0 Å². The average molecular weight is 180 g/mol. The van der Waals surface area contributed by atoms with Gasteiger partial charge in [0.2, 0.25) is 0 Å². The van der Waals surface area contributed by atoms with E-state index in [1.165, 1.54) is 5.56 Å². The lowest BCUT2D eigenvalue weighted by atomic mass is 10.1. The summed E-state index contributed by atoms with van der Waals surface area (Å²) in [4.78, 5) is 4.26. The smallest absolute Gasteiger partial charge is 0.0617 e. The Hall–Kier alpha value is -0.930. The number of nitrogens with two attached hydrogens (primary N) is 1. The van der Waals surface area contributed by atoms with Crippen LogP contribution in [0.3, 0.4) is 0 Å². The van der Waals surface area contributed by atoms with Crippen LogP contribution < -0.4 is 5.73 Å². The Balaban J connectivity index is 2.58. The fourth-order valence-corrected chi connectivity index (χ4v) is 1.25. The Labute approximate surface area is 78.9 Å². The first-order chi connectivity index (χ1) is 6.24. The molecule has 0 amide bonds. The van der Waals surface area contributed by atoms with Gasteiger partial charge < -0.3 is 10.5 Å². The highest BCUT2D eigenvalue weighted by molar-refractivity contribution is 5.18. The van der Waals surface area contributed by atoms with Crippen molar-refractivity contribution in [1.82, 2.24) is 4.98 Å². The Morgan fingerprint density at radius 2 is 2.38 bits per heavy atom. The van der Waals surface area contributed by atoms with Crippen LogP contribution in [-0.4, -0.2) is 24.7 Å². The zero-order valence-electron chi connectivity index (χ0n) is 8.16. The lowest BCUT2D eigenvalue weighted by Gasteiger charge is -2.10. The maximum Gasteiger partial charge on any atom is 0.0617 e. The summed E-state index contributed by atoms with van der Waals surface area (Å²) in [6, 6.07) is 4.02. The highest BCUT2D eigenvalue weighted by Gasteiger charge is 2.05. The highest BCUT2D eigenvalue weighted by atomic mass is 16.5. The van der Waals surface area contributed by atoms with E-state index in [0.29, 0.717) is 6.61 Å². The molecule has 1 rings (SSSR count). The molecule has 0 saturated carbocycles. The van der Waals surface area contributed by atoms with Gasteiger partial charge in [-0.25, -0.2) is 0 Å². The third-order valence-electron chi connectivity index (χ3n) is 1.95. The zero-order chi connectivity index (χ0) is 9.68. The van der Waals surface area contributed by atoms with Crippen LogP contribution in [0, 0.1) is 6.92 Å². The first-order valence-electron chi connectivity index (χ1n) is 4.39. The number of hydrogen-bond donors (Lipinski definition) is 1. The van der Waals surface area contributed by atoms with Crippen molar-refractivity contribution < 1.29 is 4.74 Å². The van der Waals surface area contributed by atoms with Gasteiger partial charge in [-0.15, -0.1) is 0 Å². The van der Waals surface area contributed by atoms with Crippen LogP contribution in [0.25, 0.3) is 0 Å². The summed E-state index contributed by atoms with van der Waals surface area (Å²) >= 11 is 0. The summed E-state index contributed by atoms with van der Waals surface area (Å²) in [6.45, 7) is 2.62. The van der Waals surface area contributed by atoms with Gasteiger partial charge in [0.15, 0.2) is 0 Å². The number of pyridine rings is 1. The fraction of sp³-hybridized carbons (Fsp3) is 0.500. The van der Waals surface area contributed by atoms with Crippen LogP contribution in [0.5, 0.6) is 0 Å². The van der Waals surface area contributed by atoms with Crippen LogP contribution in [-0.2, 0) is 11.2 Å². The van der Waals surface area contributed by atoms with Crippen molar-refractivity contribution >= 4 is 0 Å². The molecule has 0 bridgehead atoms. The fourth-order valence-electron chi connectivity index (χ4n) is 1.25. The number of rotatable bonds is 4. The van der Waals surface area contributed by atoms with Crippen molar-refractivity contribution in [1.29, 1.82) is 0 Å². The van der Waals surface area contributed by atoms with Gasteiger partial charge in [0.1, 0.15) is 0 Å². The number of aryl methyl sites for hydroxylation is 1. The molecule has 2 N–H and O–H groups in total. The lowest BCUT2D eigenvalue weighted by molar-refractivity contribution is 0.179.